The molecule has 2 heterocycles. The molecular weight excluding hydrogens is 396 g/mol. The summed E-state index contributed by atoms with van der Waals surface area (Å²) in [5, 5.41) is 3.27. The van der Waals surface area contributed by atoms with Gasteiger partial charge in [-0.15, -0.1) is 11.8 Å². The molecule has 2 aromatic carbocycles. The quantitative estimate of drug-likeness (QED) is 0.644. The summed E-state index contributed by atoms with van der Waals surface area (Å²) in [5.41, 5.74) is 1.37. The Labute approximate surface area is 171 Å². The molecule has 0 radical (unpaired) electrons. The Hall–Kier alpha value is -2.70. The van der Waals surface area contributed by atoms with Crippen molar-refractivity contribution >= 4 is 46.6 Å². The van der Waals surface area contributed by atoms with Crippen LogP contribution in [0.3, 0.4) is 0 Å². The molecule has 1 atom stereocenters. The number of nitrogens with zero attached hydrogens (tertiary/aromatic N) is 1. The van der Waals surface area contributed by atoms with Crippen LogP contribution in [0, 0.1) is 0 Å². The normalized spacial score (nSPS) is 16.4. The van der Waals surface area contributed by atoms with Gasteiger partial charge in [0.05, 0.1) is 17.2 Å². The van der Waals surface area contributed by atoms with Gasteiger partial charge in [0.1, 0.15) is 12.3 Å². The molecule has 0 aliphatic carbocycles. The van der Waals surface area contributed by atoms with Crippen LogP contribution < -0.4 is 10.2 Å². The van der Waals surface area contributed by atoms with E-state index in [9.17, 15) is 9.59 Å². The molecule has 0 bridgehead atoms. The molecule has 3 aromatic rings. The lowest BCUT2D eigenvalue weighted by Crippen LogP contribution is -2.38. The van der Waals surface area contributed by atoms with Gasteiger partial charge in [-0.2, -0.15) is 0 Å². The molecule has 0 saturated heterocycles. The standard InChI is InChI=1S/C21H17ClN2O3S/c22-14-7-9-15(10-8-14)23-20(25)13-24-16-4-1-2-6-18(16)28-19(12-21(24)26)17-5-3-11-27-17/h1-11,19H,12-13H2,(H,23,25). The van der Waals surface area contributed by atoms with Gasteiger partial charge < -0.3 is 14.6 Å². The van der Waals surface area contributed by atoms with E-state index in [1.165, 1.54) is 4.90 Å². The first-order chi connectivity index (χ1) is 13.6. The Kier molecular flexibility index (Phi) is 5.41. The fourth-order valence-corrected chi connectivity index (χ4v) is 4.43. The summed E-state index contributed by atoms with van der Waals surface area (Å²) in [7, 11) is 0. The van der Waals surface area contributed by atoms with E-state index in [0.717, 1.165) is 16.3 Å². The minimum absolute atomic E-state index is 0.0656. The number of carbonyl (C=O) groups is 2. The van der Waals surface area contributed by atoms with Crippen molar-refractivity contribution in [2.75, 3.05) is 16.8 Å². The molecule has 1 aromatic heterocycles. The zero-order chi connectivity index (χ0) is 19.5. The largest absolute Gasteiger partial charge is 0.468 e. The lowest BCUT2D eigenvalue weighted by atomic mass is 10.2. The Balaban J connectivity index is 1.56. The van der Waals surface area contributed by atoms with Gasteiger partial charge >= 0.3 is 0 Å². The van der Waals surface area contributed by atoms with E-state index >= 15 is 0 Å². The fraction of sp³-hybridized carbons (Fsp3) is 0.143. The number of hydrogen-bond donors (Lipinski definition) is 1. The van der Waals surface area contributed by atoms with E-state index in [1.54, 1.807) is 42.3 Å². The number of hydrogen-bond acceptors (Lipinski definition) is 4. The maximum Gasteiger partial charge on any atom is 0.244 e. The maximum atomic E-state index is 13.0. The second kappa shape index (κ2) is 8.12. The highest BCUT2D eigenvalue weighted by Gasteiger charge is 2.31. The van der Waals surface area contributed by atoms with Crippen molar-refractivity contribution in [3.8, 4) is 0 Å². The van der Waals surface area contributed by atoms with E-state index in [-0.39, 0.29) is 30.0 Å². The topological polar surface area (TPSA) is 62.6 Å². The number of thioether (sulfide) groups is 1. The molecule has 0 saturated carbocycles. The van der Waals surface area contributed by atoms with Crippen LogP contribution >= 0.6 is 23.4 Å². The monoisotopic (exact) mass is 412 g/mol. The molecule has 0 spiro atoms. The number of benzene rings is 2. The Morgan fingerprint density at radius 2 is 1.93 bits per heavy atom. The van der Waals surface area contributed by atoms with Crippen LogP contribution in [0.1, 0.15) is 17.4 Å². The third-order valence-corrected chi connectivity index (χ3v) is 5.91. The number of carbonyl (C=O) groups excluding carboxylic acids is 2. The predicted molar refractivity (Wildman–Crippen MR) is 111 cm³/mol. The Bertz CT molecular complexity index is 989. The lowest BCUT2D eigenvalue weighted by Gasteiger charge is -2.22. The van der Waals surface area contributed by atoms with Gasteiger partial charge in [-0.1, -0.05) is 23.7 Å². The average molecular weight is 413 g/mol. The SMILES string of the molecule is O=C(CN1C(=O)CC(c2ccco2)Sc2ccccc21)Nc1ccc(Cl)cc1. The fourth-order valence-electron chi connectivity index (χ4n) is 3.06. The molecule has 7 heteroatoms. The van der Waals surface area contributed by atoms with Crippen LogP contribution in [0.5, 0.6) is 0 Å². The van der Waals surface area contributed by atoms with Crippen LogP contribution in [0.15, 0.2) is 76.2 Å². The first-order valence-electron chi connectivity index (χ1n) is 8.75. The first kappa shape index (κ1) is 18.7. The van der Waals surface area contributed by atoms with Crippen molar-refractivity contribution in [1.82, 2.24) is 0 Å². The highest BCUT2D eigenvalue weighted by molar-refractivity contribution is 7.99. The van der Waals surface area contributed by atoms with Gasteiger partial charge in [0, 0.05) is 22.0 Å². The van der Waals surface area contributed by atoms with Crippen LogP contribution in [0.2, 0.25) is 5.02 Å². The summed E-state index contributed by atoms with van der Waals surface area (Å²) in [4.78, 5) is 28.0. The van der Waals surface area contributed by atoms with Crippen molar-refractivity contribution in [3.05, 3.63) is 77.7 Å². The van der Waals surface area contributed by atoms with Gasteiger partial charge in [0.25, 0.3) is 0 Å². The van der Waals surface area contributed by atoms with Crippen molar-refractivity contribution in [1.29, 1.82) is 0 Å². The van der Waals surface area contributed by atoms with Gasteiger partial charge in [0.15, 0.2) is 0 Å². The molecule has 1 N–H and O–H groups in total. The molecule has 1 aliphatic rings. The zero-order valence-electron chi connectivity index (χ0n) is 14.8. The molecule has 1 aliphatic heterocycles. The number of fused-ring (bicyclic) bond motifs is 1. The third kappa shape index (κ3) is 4.08. The average Bonchev–Trinajstić information content (AvgIpc) is 3.18. The molecule has 4 rings (SSSR count). The highest BCUT2D eigenvalue weighted by atomic mass is 35.5. The third-order valence-electron chi connectivity index (χ3n) is 4.38. The molecule has 1 unspecified atom stereocenters. The van der Waals surface area contributed by atoms with Gasteiger partial charge in [-0.25, -0.2) is 0 Å². The smallest absolute Gasteiger partial charge is 0.244 e. The van der Waals surface area contributed by atoms with E-state index in [4.69, 9.17) is 16.0 Å². The maximum absolute atomic E-state index is 13.0. The van der Waals surface area contributed by atoms with Gasteiger partial charge in [0.2, 0.25) is 11.8 Å². The van der Waals surface area contributed by atoms with Crippen molar-refractivity contribution in [2.45, 2.75) is 16.6 Å². The van der Waals surface area contributed by atoms with Gasteiger partial charge in [-0.05, 0) is 48.5 Å². The summed E-state index contributed by atoms with van der Waals surface area (Å²) in [6.07, 6.45) is 1.86. The number of nitrogens with one attached hydrogen (secondary N) is 1. The number of halogens is 1. The second-order valence-corrected chi connectivity index (χ2v) is 8.01. The minimum Gasteiger partial charge on any atom is -0.468 e. The van der Waals surface area contributed by atoms with E-state index in [2.05, 4.69) is 5.32 Å². The molecule has 28 heavy (non-hydrogen) atoms. The van der Waals surface area contributed by atoms with Gasteiger partial charge in [-0.3, -0.25) is 9.59 Å². The molecule has 2 amide bonds. The highest BCUT2D eigenvalue weighted by Crippen LogP contribution is 2.45. The number of furan rings is 1. The van der Waals surface area contributed by atoms with E-state index in [0.29, 0.717) is 10.7 Å². The predicted octanol–water partition coefficient (Wildman–Crippen LogP) is 5.14. The summed E-state index contributed by atoms with van der Waals surface area (Å²) >= 11 is 7.45. The summed E-state index contributed by atoms with van der Waals surface area (Å²) in [5.74, 6) is 0.359. The molecule has 5 nitrogen and oxygen atoms in total. The molecule has 142 valence electrons. The number of amides is 2. The second-order valence-electron chi connectivity index (χ2n) is 6.33. The summed E-state index contributed by atoms with van der Waals surface area (Å²) in [6.45, 7) is -0.0656. The van der Waals surface area contributed by atoms with Crippen LogP contribution in [0.25, 0.3) is 0 Å². The Morgan fingerprint density at radius 3 is 2.68 bits per heavy atom. The molecular formula is C21H17ClN2O3S. The first-order valence-corrected chi connectivity index (χ1v) is 10.0. The number of anilines is 2. The van der Waals surface area contributed by atoms with E-state index < -0.39 is 0 Å². The number of rotatable bonds is 4. The van der Waals surface area contributed by atoms with Crippen LogP contribution in [0.4, 0.5) is 11.4 Å². The Morgan fingerprint density at radius 1 is 1.14 bits per heavy atom. The summed E-state index contributed by atoms with van der Waals surface area (Å²) in [6, 6.07) is 18.1. The van der Waals surface area contributed by atoms with Crippen molar-refractivity contribution < 1.29 is 14.0 Å². The van der Waals surface area contributed by atoms with Crippen molar-refractivity contribution in [3.63, 3.8) is 0 Å². The lowest BCUT2D eigenvalue weighted by molar-refractivity contribution is -0.121. The summed E-state index contributed by atoms with van der Waals surface area (Å²) < 4.78 is 5.52. The minimum atomic E-state index is -0.271. The van der Waals surface area contributed by atoms with Crippen LogP contribution in [-0.2, 0) is 9.59 Å². The molecule has 0 fully saturated rings. The van der Waals surface area contributed by atoms with Crippen LogP contribution in [-0.4, -0.2) is 18.4 Å². The zero-order valence-corrected chi connectivity index (χ0v) is 16.4. The van der Waals surface area contributed by atoms with Crippen molar-refractivity contribution in [2.24, 2.45) is 0 Å². The van der Waals surface area contributed by atoms with E-state index in [1.807, 2.05) is 36.4 Å². The number of para-hydroxylation sites is 1.